The molecule has 1 rings (SSSR count). The smallest absolute Gasteiger partial charge is 0.193 e. The number of rotatable bonds is 3. The van der Waals surface area contributed by atoms with Gasteiger partial charge in [-0.1, -0.05) is 13.3 Å². The van der Waals surface area contributed by atoms with Gasteiger partial charge < -0.3 is 10.2 Å². The SMILES string of the molecule is CCCCNC(=NC)N1CCS(=O)(=O)C(C)(C)C1.I. The highest BCUT2D eigenvalue weighted by molar-refractivity contribution is 14.0. The molecule has 0 spiro atoms. The van der Waals surface area contributed by atoms with Gasteiger partial charge in [-0.15, -0.1) is 24.0 Å². The Balaban J connectivity index is 0.00000324. The van der Waals surface area contributed by atoms with Crippen molar-refractivity contribution in [3.05, 3.63) is 0 Å². The molecule has 7 heteroatoms. The maximum atomic E-state index is 11.9. The zero-order valence-electron chi connectivity index (χ0n) is 12.3. The van der Waals surface area contributed by atoms with Gasteiger partial charge in [-0.25, -0.2) is 8.42 Å². The minimum absolute atomic E-state index is 0. The van der Waals surface area contributed by atoms with Crippen LogP contribution in [0.3, 0.4) is 0 Å². The van der Waals surface area contributed by atoms with Gasteiger partial charge in [0.15, 0.2) is 15.8 Å². The van der Waals surface area contributed by atoms with Crippen LogP contribution in [0.25, 0.3) is 0 Å². The Morgan fingerprint density at radius 3 is 2.53 bits per heavy atom. The quantitative estimate of drug-likeness (QED) is 0.336. The normalized spacial score (nSPS) is 21.7. The lowest BCUT2D eigenvalue weighted by Gasteiger charge is -2.39. The van der Waals surface area contributed by atoms with E-state index in [1.807, 2.05) is 4.90 Å². The molecule has 1 heterocycles. The molecule has 0 amide bonds. The van der Waals surface area contributed by atoms with Gasteiger partial charge in [-0.05, 0) is 20.3 Å². The highest BCUT2D eigenvalue weighted by atomic mass is 127. The highest BCUT2D eigenvalue weighted by Crippen LogP contribution is 2.23. The molecule has 5 nitrogen and oxygen atoms in total. The van der Waals surface area contributed by atoms with Crippen molar-refractivity contribution in [3.63, 3.8) is 0 Å². The third kappa shape index (κ3) is 4.77. The second kappa shape index (κ2) is 7.66. The summed E-state index contributed by atoms with van der Waals surface area (Å²) in [6.45, 7) is 7.62. The molecule has 1 fully saturated rings. The summed E-state index contributed by atoms with van der Waals surface area (Å²) in [5.74, 6) is 1.01. The van der Waals surface area contributed by atoms with Gasteiger partial charge in [0.2, 0.25) is 0 Å². The lowest BCUT2D eigenvalue weighted by Crippen LogP contribution is -2.57. The molecule has 0 bridgehead atoms. The summed E-state index contributed by atoms with van der Waals surface area (Å²) in [6.07, 6.45) is 2.22. The van der Waals surface area contributed by atoms with Gasteiger partial charge in [0, 0.05) is 26.7 Å². The molecule has 0 aromatic carbocycles. The Hall–Kier alpha value is -0.0500. The van der Waals surface area contributed by atoms with Crippen molar-refractivity contribution < 1.29 is 8.42 Å². The van der Waals surface area contributed by atoms with Crippen LogP contribution in [-0.4, -0.2) is 56.5 Å². The number of unbranched alkanes of at least 4 members (excludes halogenated alkanes) is 1. The van der Waals surface area contributed by atoms with Gasteiger partial charge in [-0.3, -0.25) is 4.99 Å². The topological polar surface area (TPSA) is 61.8 Å². The van der Waals surface area contributed by atoms with Gasteiger partial charge >= 0.3 is 0 Å². The molecular formula is C12H26IN3O2S. The first-order valence-electron chi connectivity index (χ1n) is 6.52. The number of aliphatic imine (C=N–C) groups is 1. The number of guanidine groups is 1. The second-order valence-corrected chi connectivity index (χ2v) is 8.07. The molecule has 1 aliphatic heterocycles. The summed E-state index contributed by atoms with van der Waals surface area (Å²) in [4.78, 5) is 6.27. The maximum absolute atomic E-state index is 11.9. The van der Waals surface area contributed by atoms with Gasteiger partial charge in [0.1, 0.15) is 0 Å². The van der Waals surface area contributed by atoms with Crippen molar-refractivity contribution in [1.29, 1.82) is 0 Å². The van der Waals surface area contributed by atoms with Crippen LogP contribution in [0.1, 0.15) is 33.6 Å². The number of hydrogen-bond acceptors (Lipinski definition) is 3. The Bertz CT molecular complexity index is 407. The molecule has 1 N–H and O–H groups in total. The van der Waals surface area contributed by atoms with Gasteiger partial charge in [0.05, 0.1) is 10.5 Å². The predicted octanol–water partition coefficient (Wildman–Crippen LogP) is 1.49. The van der Waals surface area contributed by atoms with E-state index < -0.39 is 14.6 Å². The average molecular weight is 403 g/mol. The van der Waals surface area contributed by atoms with Crippen LogP contribution in [0.5, 0.6) is 0 Å². The van der Waals surface area contributed by atoms with Crippen LogP contribution in [0.2, 0.25) is 0 Å². The summed E-state index contributed by atoms with van der Waals surface area (Å²) in [7, 11) is -1.24. The number of halogens is 1. The van der Waals surface area contributed by atoms with Crippen LogP contribution in [0.4, 0.5) is 0 Å². The van der Waals surface area contributed by atoms with Crippen molar-refractivity contribution in [3.8, 4) is 0 Å². The molecule has 0 aromatic rings. The molecule has 0 saturated carbocycles. The molecule has 0 radical (unpaired) electrons. The molecule has 1 aliphatic rings. The Morgan fingerprint density at radius 2 is 2.05 bits per heavy atom. The van der Waals surface area contributed by atoms with Crippen LogP contribution < -0.4 is 5.32 Å². The van der Waals surface area contributed by atoms with Crippen LogP contribution in [0.15, 0.2) is 4.99 Å². The first-order valence-corrected chi connectivity index (χ1v) is 8.17. The lowest BCUT2D eigenvalue weighted by molar-refractivity contribution is 0.353. The van der Waals surface area contributed by atoms with E-state index in [4.69, 9.17) is 0 Å². The minimum Gasteiger partial charge on any atom is -0.356 e. The molecule has 0 unspecified atom stereocenters. The van der Waals surface area contributed by atoms with Crippen molar-refractivity contribution in [2.24, 2.45) is 4.99 Å². The molecule has 0 atom stereocenters. The van der Waals surface area contributed by atoms with Crippen LogP contribution >= 0.6 is 24.0 Å². The summed E-state index contributed by atoms with van der Waals surface area (Å²) in [5.41, 5.74) is 0. The Morgan fingerprint density at radius 1 is 1.42 bits per heavy atom. The minimum atomic E-state index is -2.99. The zero-order valence-corrected chi connectivity index (χ0v) is 15.4. The van der Waals surface area contributed by atoms with Crippen LogP contribution in [-0.2, 0) is 9.84 Å². The van der Waals surface area contributed by atoms with E-state index in [1.165, 1.54) is 0 Å². The first-order chi connectivity index (χ1) is 8.34. The van der Waals surface area contributed by atoms with E-state index in [0.717, 1.165) is 25.3 Å². The number of hydrogen-bond donors (Lipinski definition) is 1. The summed E-state index contributed by atoms with van der Waals surface area (Å²) < 4.78 is 23.2. The molecule has 0 aromatic heterocycles. The lowest BCUT2D eigenvalue weighted by atomic mass is 10.2. The summed E-state index contributed by atoms with van der Waals surface area (Å²) in [6, 6.07) is 0. The third-order valence-corrected chi connectivity index (χ3v) is 5.90. The Kier molecular flexibility index (Phi) is 7.64. The zero-order chi connectivity index (χ0) is 13.8. The molecule has 19 heavy (non-hydrogen) atoms. The standard InChI is InChI=1S/C12H25N3O2S.HI/c1-5-6-7-14-11(13-4)15-8-9-18(16,17)12(2,3)10-15;/h5-10H2,1-4H3,(H,13,14);1H. The van der Waals surface area contributed by atoms with E-state index in [-0.39, 0.29) is 29.7 Å². The molecule has 0 aliphatic carbocycles. The van der Waals surface area contributed by atoms with Crippen molar-refractivity contribution >= 4 is 39.8 Å². The number of sulfone groups is 1. The van der Waals surface area contributed by atoms with E-state index in [0.29, 0.717) is 13.1 Å². The van der Waals surface area contributed by atoms with E-state index >= 15 is 0 Å². The first kappa shape index (κ1) is 18.9. The summed E-state index contributed by atoms with van der Waals surface area (Å²) >= 11 is 0. The summed E-state index contributed by atoms with van der Waals surface area (Å²) in [5, 5.41) is 3.29. The van der Waals surface area contributed by atoms with Crippen LogP contribution in [0, 0.1) is 0 Å². The van der Waals surface area contributed by atoms with Crippen molar-refractivity contribution in [1.82, 2.24) is 10.2 Å². The molecule has 114 valence electrons. The largest absolute Gasteiger partial charge is 0.356 e. The van der Waals surface area contributed by atoms with Crippen molar-refractivity contribution in [2.75, 3.05) is 32.4 Å². The number of nitrogens with zero attached hydrogens (tertiary/aromatic N) is 2. The van der Waals surface area contributed by atoms with Crippen molar-refractivity contribution in [2.45, 2.75) is 38.4 Å². The van der Waals surface area contributed by atoms with Gasteiger partial charge in [-0.2, -0.15) is 0 Å². The Labute approximate surface area is 134 Å². The molecule has 1 saturated heterocycles. The average Bonchev–Trinajstić information content (AvgIpc) is 2.29. The fourth-order valence-corrected chi connectivity index (χ4v) is 3.40. The maximum Gasteiger partial charge on any atom is 0.193 e. The second-order valence-electron chi connectivity index (χ2n) is 5.33. The fraction of sp³-hybridized carbons (Fsp3) is 0.917. The monoisotopic (exact) mass is 403 g/mol. The van der Waals surface area contributed by atoms with Gasteiger partial charge in [0.25, 0.3) is 0 Å². The number of nitrogens with one attached hydrogen (secondary N) is 1. The van der Waals surface area contributed by atoms with E-state index in [1.54, 1.807) is 20.9 Å². The predicted molar refractivity (Wildman–Crippen MR) is 91.1 cm³/mol. The highest BCUT2D eigenvalue weighted by Gasteiger charge is 2.40. The fourth-order valence-electron chi connectivity index (χ4n) is 2.03. The third-order valence-electron chi connectivity index (χ3n) is 3.37. The van der Waals surface area contributed by atoms with E-state index in [9.17, 15) is 8.42 Å². The van der Waals surface area contributed by atoms with E-state index in [2.05, 4.69) is 17.2 Å². The molecular weight excluding hydrogens is 377 g/mol.